The third-order valence-electron chi connectivity index (χ3n) is 2.34. The molecule has 0 aliphatic heterocycles. The van der Waals surface area contributed by atoms with Gasteiger partial charge in [-0.2, -0.15) is 26.0 Å². The van der Waals surface area contributed by atoms with Crippen molar-refractivity contribution in [3.8, 4) is 0 Å². The van der Waals surface area contributed by atoms with E-state index in [-0.39, 0.29) is 6.42 Å². The second-order valence-electron chi connectivity index (χ2n) is 3.86. The van der Waals surface area contributed by atoms with Gasteiger partial charge in [0.2, 0.25) is 0 Å². The van der Waals surface area contributed by atoms with Crippen LogP contribution in [-0.4, -0.2) is 24.1 Å². The van der Waals surface area contributed by atoms with Crippen molar-refractivity contribution in [1.82, 2.24) is 0 Å². The predicted octanol–water partition coefficient (Wildman–Crippen LogP) is 3.46. The van der Waals surface area contributed by atoms with Crippen LogP contribution in [0.2, 0.25) is 0 Å². The van der Waals surface area contributed by atoms with E-state index in [1.807, 2.05) is 6.92 Å². The van der Waals surface area contributed by atoms with Gasteiger partial charge in [0.15, 0.2) is 0 Å². The molecule has 0 saturated carbocycles. The van der Waals surface area contributed by atoms with E-state index in [4.69, 9.17) is 4.55 Å². The van der Waals surface area contributed by atoms with E-state index in [2.05, 4.69) is 0 Å². The first-order valence-corrected chi connectivity index (χ1v) is 6.73. The minimum Gasteiger partial charge on any atom is -0.281 e. The van der Waals surface area contributed by atoms with Gasteiger partial charge in [0.1, 0.15) is 0 Å². The largest absolute Gasteiger partial charge is 0.431 e. The van der Waals surface area contributed by atoms with E-state index < -0.39 is 27.7 Å². The molecule has 0 aromatic carbocycles. The zero-order chi connectivity index (χ0) is 13.7. The molecule has 0 amide bonds. The highest BCUT2D eigenvalue weighted by Gasteiger charge is 2.64. The van der Waals surface area contributed by atoms with Crippen LogP contribution in [0.25, 0.3) is 0 Å². The SMILES string of the molecule is CCCCCCCC(F)(F)C(F)(F)S(=O)(=O)O. The van der Waals surface area contributed by atoms with Crippen LogP contribution in [0.5, 0.6) is 0 Å². The average Bonchev–Trinajstić information content (AvgIpc) is 2.15. The Morgan fingerprint density at radius 3 is 1.88 bits per heavy atom. The summed E-state index contributed by atoms with van der Waals surface area (Å²) in [5, 5.41) is -5.43. The van der Waals surface area contributed by atoms with Crippen LogP contribution in [0.3, 0.4) is 0 Å². The van der Waals surface area contributed by atoms with Crippen molar-refractivity contribution in [3.05, 3.63) is 0 Å². The molecule has 0 rings (SSSR count). The number of hydrogen-bond donors (Lipinski definition) is 1. The third kappa shape index (κ3) is 4.42. The third-order valence-corrected chi connectivity index (χ3v) is 3.29. The maximum Gasteiger partial charge on any atom is 0.431 e. The smallest absolute Gasteiger partial charge is 0.281 e. The van der Waals surface area contributed by atoms with E-state index >= 15 is 0 Å². The summed E-state index contributed by atoms with van der Waals surface area (Å²) in [6.45, 7) is 1.90. The van der Waals surface area contributed by atoms with Crippen LogP contribution < -0.4 is 0 Å². The Kier molecular flexibility index (Phi) is 5.86. The van der Waals surface area contributed by atoms with Crippen molar-refractivity contribution in [1.29, 1.82) is 0 Å². The Labute approximate surface area is 97.9 Å². The molecule has 0 aliphatic carbocycles. The molecule has 17 heavy (non-hydrogen) atoms. The molecule has 0 aromatic rings. The molecule has 0 aliphatic rings. The highest BCUT2D eigenvalue weighted by molar-refractivity contribution is 7.87. The number of rotatable bonds is 8. The monoisotopic (exact) mass is 280 g/mol. The van der Waals surface area contributed by atoms with Crippen LogP contribution in [0.1, 0.15) is 45.4 Å². The van der Waals surface area contributed by atoms with Crippen molar-refractivity contribution in [2.24, 2.45) is 0 Å². The van der Waals surface area contributed by atoms with Gasteiger partial charge in [-0.25, -0.2) is 0 Å². The van der Waals surface area contributed by atoms with Gasteiger partial charge in [-0.15, -0.1) is 0 Å². The fourth-order valence-electron chi connectivity index (χ4n) is 1.28. The maximum absolute atomic E-state index is 12.9. The molecule has 8 heteroatoms. The topological polar surface area (TPSA) is 54.4 Å². The lowest BCUT2D eigenvalue weighted by molar-refractivity contribution is -0.164. The summed E-state index contributed by atoms with van der Waals surface area (Å²) in [6.07, 6.45) is 1.16. The van der Waals surface area contributed by atoms with Crippen molar-refractivity contribution in [2.75, 3.05) is 0 Å². The van der Waals surface area contributed by atoms with E-state index in [0.717, 1.165) is 12.8 Å². The number of alkyl halides is 4. The highest BCUT2D eigenvalue weighted by Crippen LogP contribution is 2.41. The lowest BCUT2D eigenvalue weighted by Gasteiger charge is -2.23. The molecule has 104 valence electrons. The summed E-state index contributed by atoms with van der Waals surface area (Å²) in [5.74, 6) is -4.74. The molecule has 0 heterocycles. The van der Waals surface area contributed by atoms with Crippen LogP contribution in [0.15, 0.2) is 0 Å². The second-order valence-corrected chi connectivity index (χ2v) is 5.32. The van der Waals surface area contributed by atoms with Gasteiger partial charge in [-0.3, -0.25) is 4.55 Å². The summed E-state index contributed by atoms with van der Waals surface area (Å²) >= 11 is 0. The zero-order valence-corrected chi connectivity index (χ0v) is 10.2. The minimum atomic E-state index is -6.09. The minimum absolute atomic E-state index is 0.210. The van der Waals surface area contributed by atoms with Crippen LogP contribution in [-0.2, 0) is 10.1 Å². The Morgan fingerprint density at radius 2 is 1.47 bits per heavy atom. The Hall–Kier alpha value is -0.370. The van der Waals surface area contributed by atoms with Crippen molar-refractivity contribution in [2.45, 2.75) is 56.6 Å². The molecule has 0 saturated heterocycles. The lowest BCUT2D eigenvalue weighted by Crippen LogP contribution is -2.46. The Balaban J connectivity index is 4.38. The number of unbranched alkanes of at least 4 members (excludes halogenated alkanes) is 4. The van der Waals surface area contributed by atoms with Crippen LogP contribution in [0.4, 0.5) is 17.6 Å². The van der Waals surface area contributed by atoms with E-state index in [1.165, 1.54) is 0 Å². The van der Waals surface area contributed by atoms with Crippen LogP contribution >= 0.6 is 0 Å². The van der Waals surface area contributed by atoms with Gasteiger partial charge >= 0.3 is 21.3 Å². The zero-order valence-electron chi connectivity index (χ0n) is 9.43. The number of hydrogen-bond acceptors (Lipinski definition) is 2. The normalized spacial score (nSPS) is 14.0. The molecule has 0 fully saturated rings. The first-order valence-electron chi connectivity index (χ1n) is 5.29. The Bertz CT molecular complexity index is 327. The van der Waals surface area contributed by atoms with E-state index in [0.29, 0.717) is 12.8 Å². The summed E-state index contributed by atoms with van der Waals surface area (Å²) in [7, 11) is -6.09. The fourth-order valence-corrected chi connectivity index (χ4v) is 1.76. The van der Waals surface area contributed by atoms with Crippen molar-refractivity contribution >= 4 is 10.1 Å². The molecule has 0 aromatic heterocycles. The summed E-state index contributed by atoms with van der Waals surface area (Å²) in [6, 6.07) is 0. The molecule has 0 atom stereocenters. The first kappa shape index (κ1) is 16.6. The molecule has 0 unspecified atom stereocenters. The molecule has 0 bridgehead atoms. The highest BCUT2D eigenvalue weighted by atomic mass is 32.2. The van der Waals surface area contributed by atoms with Gasteiger partial charge in [0.05, 0.1) is 0 Å². The van der Waals surface area contributed by atoms with E-state index in [9.17, 15) is 26.0 Å². The number of halogens is 4. The second kappa shape index (κ2) is 5.99. The van der Waals surface area contributed by atoms with Crippen LogP contribution in [0, 0.1) is 0 Å². The molecule has 1 N–H and O–H groups in total. The summed E-state index contributed by atoms with van der Waals surface area (Å²) in [5.41, 5.74) is 0. The standard InChI is InChI=1S/C9H16F4O3S/c1-2-3-4-5-6-7-8(10,11)9(12,13)17(14,15)16/h2-7H2,1H3,(H,14,15,16). The molecule has 0 spiro atoms. The first-order chi connectivity index (χ1) is 7.56. The summed E-state index contributed by atoms with van der Waals surface area (Å²) in [4.78, 5) is 0. The van der Waals surface area contributed by atoms with Gasteiger partial charge in [0.25, 0.3) is 0 Å². The molecular formula is C9H16F4O3S. The molecule has 3 nitrogen and oxygen atoms in total. The molecular weight excluding hydrogens is 264 g/mol. The van der Waals surface area contributed by atoms with Crippen molar-refractivity contribution < 1.29 is 30.5 Å². The predicted molar refractivity (Wildman–Crippen MR) is 54.8 cm³/mol. The average molecular weight is 280 g/mol. The quantitative estimate of drug-likeness (QED) is 0.421. The molecule has 0 radical (unpaired) electrons. The lowest BCUT2D eigenvalue weighted by atomic mass is 10.1. The maximum atomic E-state index is 12.9. The Morgan fingerprint density at radius 1 is 1.00 bits per heavy atom. The van der Waals surface area contributed by atoms with Gasteiger partial charge in [-0.1, -0.05) is 32.6 Å². The van der Waals surface area contributed by atoms with E-state index in [1.54, 1.807) is 0 Å². The summed E-state index contributed by atoms with van der Waals surface area (Å²) < 4.78 is 79.6. The fraction of sp³-hybridized carbons (Fsp3) is 1.00. The van der Waals surface area contributed by atoms with Gasteiger partial charge in [-0.05, 0) is 6.42 Å². The van der Waals surface area contributed by atoms with Crippen molar-refractivity contribution in [3.63, 3.8) is 0 Å². The van der Waals surface area contributed by atoms with Gasteiger partial charge in [0, 0.05) is 6.42 Å². The van der Waals surface area contributed by atoms with Gasteiger partial charge < -0.3 is 0 Å².